The molecule has 1 aliphatic carbocycles. The zero-order chi connectivity index (χ0) is 18.6. The number of carbonyl (C=O) groups excluding carboxylic acids is 1. The van der Waals surface area contributed by atoms with Gasteiger partial charge in [0, 0.05) is 16.7 Å². The molecule has 0 spiro atoms. The van der Waals surface area contributed by atoms with Crippen molar-refractivity contribution in [2.45, 2.75) is 38.1 Å². The summed E-state index contributed by atoms with van der Waals surface area (Å²) >= 11 is 1.58. The van der Waals surface area contributed by atoms with Crippen molar-refractivity contribution in [1.82, 2.24) is 5.32 Å². The van der Waals surface area contributed by atoms with Crippen molar-refractivity contribution in [3.63, 3.8) is 0 Å². The Morgan fingerprint density at radius 1 is 1.23 bits per heavy atom. The van der Waals surface area contributed by atoms with Crippen molar-refractivity contribution < 1.29 is 13.2 Å². The number of hydrogen-bond acceptors (Lipinski definition) is 4. The molecule has 0 aliphatic heterocycles. The lowest BCUT2D eigenvalue weighted by Crippen LogP contribution is -2.30. The lowest BCUT2D eigenvalue weighted by molar-refractivity contribution is -0.121. The second-order valence-electron chi connectivity index (χ2n) is 6.53. The summed E-state index contributed by atoms with van der Waals surface area (Å²) in [4.78, 5) is 13.4. The second kappa shape index (κ2) is 8.18. The van der Waals surface area contributed by atoms with Gasteiger partial charge in [0.1, 0.15) is 0 Å². The van der Waals surface area contributed by atoms with Crippen LogP contribution in [-0.4, -0.2) is 20.1 Å². The summed E-state index contributed by atoms with van der Waals surface area (Å²) in [7, 11) is -3.38. The van der Waals surface area contributed by atoms with E-state index >= 15 is 0 Å². The summed E-state index contributed by atoms with van der Waals surface area (Å²) < 4.78 is 23.1. The highest BCUT2D eigenvalue weighted by molar-refractivity contribution is 7.94. The molecule has 0 saturated carbocycles. The molecule has 1 aliphatic rings. The molecule has 1 heterocycles. The summed E-state index contributed by atoms with van der Waals surface area (Å²) in [6, 6.07) is 10.1. The molecule has 3 rings (SSSR count). The number of amides is 1. The lowest BCUT2D eigenvalue weighted by atomic mass is 9.89. The minimum atomic E-state index is -3.38. The van der Waals surface area contributed by atoms with E-state index in [1.165, 1.54) is 24.0 Å². The molecular weight excluding hydrogens is 366 g/mol. The molecule has 1 unspecified atom stereocenters. The zero-order valence-corrected chi connectivity index (χ0v) is 16.2. The van der Waals surface area contributed by atoms with E-state index < -0.39 is 9.84 Å². The Kier molecular flexibility index (Phi) is 5.94. The van der Waals surface area contributed by atoms with Gasteiger partial charge in [-0.1, -0.05) is 30.8 Å². The van der Waals surface area contributed by atoms with Gasteiger partial charge >= 0.3 is 0 Å². The van der Waals surface area contributed by atoms with E-state index in [4.69, 9.17) is 0 Å². The predicted molar refractivity (Wildman–Crippen MR) is 106 cm³/mol. The molecule has 1 amide bonds. The molecule has 2 aromatic rings. The Morgan fingerprint density at radius 3 is 2.69 bits per heavy atom. The van der Waals surface area contributed by atoms with E-state index in [2.05, 4.69) is 30.1 Å². The van der Waals surface area contributed by atoms with Crippen LogP contribution >= 0.6 is 11.3 Å². The van der Waals surface area contributed by atoms with E-state index in [1.54, 1.807) is 11.3 Å². The summed E-state index contributed by atoms with van der Waals surface area (Å²) in [5, 5.41) is 5.90. The number of nitrogens with one attached hydrogen (secondary N) is 1. The van der Waals surface area contributed by atoms with Gasteiger partial charge in [-0.2, -0.15) is 0 Å². The van der Waals surface area contributed by atoms with Gasteiger partial charge in [0.25, 0.3) is 0 Å². The van der Waals surface area contributed by atoms with E-state index in [9.17, 15) is 13.2 Å². The largest absolute Gasteiger partial charge is 0.344 e. The lowest BCUT2D eigenvalue weighted by Gasteiger charge is -2.22. The highest BCUT2D eigenvalue weighted by Gasteiger charge is 2.21. The van der Waals surface area contributed by atoms with Crippen LogP contribution in [-0.2, 0) is 27.5 Å². The first-order valence-corrected chi connectivity index (χ1v) is 11.4. The first-order chi connectivity index (χ1) is 12.5. The fourth-order valence-electron chi connectivity index (χ4n) is 3.26. The van der Waals surface area contributed by atoms with Crippen LogP contribution in [0.15, 0.2) is 47.7 Å². The Bertz CT molecular complexity index is 886. The molecule has 1 aromatic heterocycles. The molecule has 138 valence electrons. The Balaban J connectivity index is 1.80. The molecule has 26 heavy (non-hydrogen) atoms. The normalized spacial score (nSPS) is 15.1. The van der Waals surface area contributed by atoms with Gasteiger partial charge in [0.05, 0.1) is 11.8 Å². The van der Waals surface area contributed by atoms with Crippen LogP contribution in [0.25, 0.3) is 0 Å². The minimum Gasteiger partial charge on any atom is -0.344 e. The van der Waals surface area contributed by atoms with Crippen molar-refractivity contribution in [2.24, 2.45) is 0 Å². The van der Waals surface area contributed by atoms with Gasteiger partial charge in [-0.25, -0.2) is 8.42 Å². The summed E-state index contributed by atoms with van der Waals surface area (Å²) in [6.45, 7) is 3.28. The van der Waals surface area contributed by atoms with E-state index in [1.807, 2.05) is 17.5 Å². The number of carbonyl (C=O) groups is 1. The average molecular weight is 390 g/mol. The number of benzene rings is 1. The standard InChI is InChI=1S/C20H23NO3S2/c1-2-26(23,24)13-11-19(22)21-20(18-8-5-12-25-18)17-10-9-15-6-3-4-7-16(15)14-17/h2,5,8-10,12,14,20H,1,3-4,6-7,11,13H2,(H,21,22). The molecule has 1 N–H and O–H groups in total. The quantitative estimate of drug-likeness (QED) is 0.784. The number of thiophene rings is 1. The van der Waals surface area contributed by atoms with Crippen molar-refractivity contribution >= 4 is 27.1 Å². The van der Waals surface area contributed by atoms with Crippen LogP contribution in [0.3, 0.4) is 0 Å². The maximum Gasteiger partial charge on any atom is 0.221 e. The first kappa shape index (κ1) is 18.9. The van der Waals surface area contributed by atoms with Crippen molar-refractivity contribution in [2.75, 3.05) is 5.75 Å². The van der Waals surface area contributed by atoms with Gasteiger partial charge < -0.3 is 5.32 Å². The Morgan fingerprint density at radius 2 is 2.00 bits per heavy atom. The number of fused-ring (bicyclic) bond motifs is 1. The van der Waals surface area contributed by atoms with Gasteiger partial charge in [-0.15, -0.1) is 11.3 Å². The minimum absolute atomic E-state index is 0.0683. The molecule has 6 heteroatoms. The van der Waals surface area contributed by atoms with Crippen LogP contribution in [0.5, 0.6) is 0 Å². The highest BCUT2D eigenvalue weighted by Crippen LogP contribution is 2.30. The average Bonchev–Trinajstić information content (AvgIpc) is 3.18. The summed E-state index contributed by atoms with van der Waals surface area (Å²) in [6.07, 6.45) is 4.55. The number of rotatable bonds is 7. The third-order valence-electron chi connectivity index (χ3n) is 4.71. The monoisotopic (exact) mass is 389 g/mol. The maximum atomic E-state index is 12.4. The Labute approximate surface area is 158 Å². The third kappa shape index (κ3) is 4.62. The van der Waals surface area contributed by atoms with Crippen LogP contribution in [0.4, 0.5) is 0 Å². The molecule has 0 radical (unpaired) electrons. The number of aryl methyl sites for hydroxylation is 2. The van der Waals surface area contributed by atoms with Gasteiger partial charge in [0.2, 0.25) is 5.91 Å². The molecule has 0 saturated heterocycles. The fourth-order valence-corrected chi connectivity index (χ4v) is 4.70. The van der Waals surface area contributed by atoms with Gasteiger partial charge in [-0.05, 0) is 53.8 Å². The van der Waals surface area contributed by atoms with Crippen LogP contribution in [0, 0.1) is 0 Å². The highest BCUT2D eigenvalue weighted by atomic mass is 32.2. The van der Waals surface area contributed by atoms with Crippen molar-refractivity contribution in [3.8, 4) is 0 Å². The first-order valence-electron chi connectivity index (χ1n) is 8.78. The summed E-state index contributed by atoms with van der Waals surface area (Å²) in [5.41, 5.74) is 3.81. The number of sulfone groups is 1. The smallest absolute Gasteiger partial charge is 0.221 e. The maximum absolute atomic E-state index is 12.4. The fraction of sp³-hybridized carbons (Fsp3) is 0.350. The second-order valence-corrected chi connectivity index (χ2v) is 9.58. The predicted octanol–water partition coefficient (Wildman–Crippen LogP) is 3.78. The van der Waals surface area contributed by atoms with Gasteiger partial charge in [-0.3, -0.25) is 4.79 Å². The molecular formula is C20H23NO3S2. The topological polar surface area (TPSA) is 63.2 Å². The van der Waals surface area contributed by atoms with Crippen LogP contribution in [0.1, 0.15) is 46.9 Å². The molecule has 1 atom stereocenters. The van der Waals surface area contributed by atoms with Crippen LogP contribution in [0.2, 0.25) is 0 Å². The summed E-state index contributed by atoms with van der Waals surface area (Å²) in [5.74, 6) is -0.490. The van der Waals surface area contributed by atoms with Crippen LogP contribution < -0.4 is 5.32 Å². The molecule has 0 bridgehead atoms. The Hall–Kier alpha value is -1.92. The SMILES string of the molecule is C=CS(=O)(=O)CCC(=O)NC(c1ccc2c(c1)CCCC2)c1cccs1. The van der Waals surface area contributed by atoms with Gasteiger partial charge in [0.15, 0.2) is 9.84 Å². The van der Waals surface area contributed by atoms with E-state index in [0.717, 1.165) is 28.7 Å². The number of hydrogen-bond donors (Lipinski definition) is 1. The molecule has 1 aromatic carbocycles. The van der Waals surface area contributed by atoms with E-state index in [0.29, 0.717) is 0 Å². The molecule has 4 nitrogen and oxygen atoms in total. The van der Waals surface area contributed by atoms with Crippen molar-refractivity contribution in [1.29, 1.82) is 0 Å². The zero-order valence-electron chi connectivity index (χ0n) is 14.6. The van der Waals surface area contributed by atoms with Crippen molar-refractivity contribution in [3.05, 3.63) is 69.3 Å². The van der Waals surface area contributed by atoms with E-state index in [-0.39, 0.29) is 24.1 Å². The third-order valence-corrected chi connectivity index (χ3v) is 6.92. The molecule has 0 fully saturated rings.